The number of hydrogen-bond acceptors (Lipinski definition) is 8. The van der Waals surface area contributed by atoms with Crippen molar-refractivity contribution < 1.29 is 34.2 Å². The van der Waals surface area contributed by atoms with E-state index < -0.39 is 66.3 Å². The van der Waals surface area contributed by atoms with E-state index in [1.54, 1.807) is 6.26 Å². The van der Waals surface area contributed by atoms with Crippen LogP contribution in [0.25, 0.3) is 0 Å². The Bertz CT molecular complexity index is 690. The maximum atomic E-state index is 12.8. The Morgan fingerprint density at radius 1 is 1.19 bits per heavy atom. The van der Waals surface area contributed by atoms with E-state index in [2.05, 4.69) is 10.6 Å². The van der Waals surface area contributed by atoms with Gasteiger partial charge in [-0.2, -0.15) is 11.8 Å². The molecule has 0 aromatic rings. The van der Waals surface area contributed by atoms with Gasteiger partial charge in [0.2, 0.25) is 23.6 Å². The highest BCUT2D eigenvalue weighted by Crippen LogP contribution is 2.19. The molecule has 1 saturated heterocycles. The van der Waals surface area contributed by atoms with E-state index in [0.29, 0.717) is 18.6 Å². The largest absolute Gasteiger partial charge is 0.480 e. The molecular formula is C18H31N5O7S. The fourth-order valence-electron chi connectivity index (χ4n) is 3.14. The first kappa shape index (κ1) is 26.7. The molecule has 1 heterocycles. The molecule has 0 aromatic carbocycles. The summed E-state index contributed by atoms with van der Waals surface area (Å²) in [5, 5.41) is 23.5. The zero-order valence-electron chi connectivity index (χ0n) is 17.6. The van der Waals surface area contributed by atoms with Gasteiger partial charge in [-0.1, -0.05) is 0 Å². The predicted octanol–water partition coefficient (Wildman–Crippen LogP) is -2.63. The van der Waals surface area contributed by atoms with Crippen LogP contribution in [0.15, 0.2) is 0 Å². The Balaban J connectivity index is 2.91. The van der Waals surface area contributed by atoms with Crippen LogP contribution in [0.3, 0.4) is 0 Å². The number of carboxylic acids is 1. The van der Waals surface area contributed by atoms with Gasteiger partial charge in [-0.3, -0.25) is 19.2 Å². The van der Waals surface area contributed by atoms with E-state index in [1.807, 2.05) is 0 Å². The van der Waals surface area contributed by atoms with Crippen molar-refractivity contribution >= 4 is 41.4 Å². The summed E-state index contributed by atoms with van der Waals surface area (Å²) in [6.07, 6.45) is 1.11. The minimum absolute atomic E-state index is 0.154. The third kappa shape index (κ3) is 7.99. The molecule has 0 radical (unpaired) electrons. The van der Waals surface area contributed by atoms with Gasteiger partial charge in [0.1, 0.15) is 24.2 Å². The van der Waals surface area contributed by atoms with E-state index in [1.165, 1.54) is 23.6 Å². The number of aliphatic hydroxyl groups excluding tert-OH is 1. The minimum Gasteiger partial charge on any atom is -0.480 e. The van der Waals surface area contributed by atoms with E-state index in [0.717, 1.165) is 0 Å². The molecule has 4 amide bonds. The molecule has 0 saturated carbocycles. The van der Waals surface area contributed by atoms with Crippen molar-refractivity contribution in [3.63, 3.8) is 0 Å². The molecule has 0 aliphatic carbocycles. The molecule has 1 rings (SSSR count). The zero-order valence-corrected chi connectivity index (χ0v) is 18.4. The summed E-state index contributed by atoms with van der Waals surface area (Å²) < 4.78 is 0. The number of nitrogens with zero attached hydrogens (tertiary/aromatic N) is 1. The second-order valence-corrected chi connectivity index (χ2v) is 8.35. The lowest BCUT2D eigenvalue weighted by atomic mass is 10.1. The van der Waals surface area contributed by atoms with Gasteiger partial charge in [-0.25, -0.2) is 4.79 Å². The van der Waals surface area contributed by atoms with Crippen molar-refractivity contribution in [2.45, 2.75) is 62.9 Å². The third-order valence-electron chi connectivity index (χ3n) is 4.91. The third-order valence-corrected chi connectivity index (χ3v) is 5.55. The first-order chi connectivity index (χ1) is 14.5. The van der Waals surface area contributed by atoms with Crippen LogP contribution in [0.4, 0.5) is 0 Å². The summed E-state index contributed by atoms with van der Waals surface area (Å²) in [5.41, 5.74) is 10.9. The minimum atomic E-state index is -1.40. The molecule has 8 N–H and O–H groups in total. The molecule has 5 atom stereocenters. The van der Waals surface area contributed by atoms with Crippen molar-refractivity contribution in [3.05, 3.63) is 0 Å². The van der Waals surface area contributed by atoms with Gasteiger partial charge in [0.05, 0.1) is 12.5 Å². The highest BCUT2D eigenvalue weighted by molar-refractivity contribution is 7.98. The Morgan fingerprint density at radius 3 is 2.35 bits per heavy atom. The lowest BCUT2D eigenvalue weighted by Gasteiger charge is -2.29. The molecule has 0 aromatic heterocycles. The fourth-order valence-corrected chi connectivity index (χ4v) is 3.62. The molecule has 0 bridgehead atoms. The van der Waals surface area contributed by atoms with Crippen LogP contribution in [0.1, 0.15) is 32.6 Å². The SMILES string of the molecule is CSCCC(NC(=O)C(CC(N)=O)NC(=O)C1CCCN1C(=O)C(N)C(C)O)C(=O)O. The van der Waals surface area contributed by atoms with Gasteiger partial charge < -0.3 is 37.2 Å². The zero-order chi connectivity index (χ0) is 23.7. The number of aliphatic carboxylic acids is 1. The monoisotopic (exact) mass is 461 g/mol. The average molecular weight is 462 g/mol. The van der Waals surface area contributed by atoms with Gasteiger partial charge >= 0.3 is 5.97 Å². The maximum Gasteiger partial charge on any atom is 0.326 e. The summed E-state index contributed by atoms with van der Waals surface area (Å²) in [6.45, 7) is 1.61. The normalized spacial score (nSPS) is 19.7. The lowest BCUT2D eigenvalue weighted by molar-refractivity contribution is -0.143. The predicted molar refractivity (Wildman–Crippen MR) is 113 cm³/mol. The van der Waals surface area contributed by atoms with E-state index in [-0.39, 0.29) is 13.0 Å². The average Bonchev–Trinajstić information content (AvgIpc) is 3.18. The number of nitrogens with one attached hydrogen (secondary N) is 2. The van der Waals surface area contributed by atoms with Crippen molar-refractivity contribution in [2.75, 3.05) is 18.6 Å². The second-order valence-electron chi connectivity index (χ2n) is 7.37. The van der Waals surface area contributed by atoms with E-state index >= 15 is 0 Å². The summed E-state index contributed by atoms with van der Waals surface area (Å²) in [4.78, 5) is 61.8. The van der Waals surface area contributed by atoms with Crippen molar-refractivity contribution in [1.29, 1.82) is 0 Å². The number of amides is 4. The maximum absolute atomic E-state index is 12.8. The number of carbonyl (C=O) groups is 5. The van der Waals surface area contributed by atoms with Crippen LogP contribution in [-0.4, -0.2) is 93.5 Å². The van der Waals surface area contributed by atoms with Crippen LogP contribution in [0.2, 0.25) is 0 Å². The van der Waals surface area contributed by atoms with Crippen molar-refractivity contribution in [2.24, 2.45) is 11.5 Å². The van der Waals surface area contributed by atoms with Crippen LogP contribution in [-0.2, 0) is 24.0 Å². The van der Waals surface area contributed by atoms with Gasteiger partial charge in [0.25, 0.3) is 0 Å². The fraction of sp³-hybridized carbons (Fsp3) is 0.722. The van der Waals surface area contributed by atoms with Crippen molar-refractivity contribution in [1.82, 2.24) is 15.5 Å². The number of carbonyl (C=O) groups excluding carboxylic acids is 4. The Kier molecular flexibility index (Phi) is 10.7. The van der Waals surface area contributed by atoms with Crippen LogP contribution in [0.5, 0.6) is 0 Å². The number of likely N-dealkylation sites (tertiary alicyclic amines) is 1. The van der Waals surface area contributed by atoms with Gasteiger partial charge in [0.15, 0.2) is 0 Å². The summed E-state index contributed by atoms with van der Waals surface area (Å²) >= 11 is 1.40. The number of aliphatic hydroxyl groups is 1. The van der Waals surface area contributed by atoms with Gasteiger partial charge in [0, 0.05) is 6.54 Å². The summed E-state index contributed by atoms with van der Waals surface area (Å²) in [5.74, 6) is -3.80. The van der Waals surface area contributed by atoms with Gasteiger partial charge in [-0.15, -0.1) is 0 Å². The molecule has 1 aliphatic heterocycles. The molecule has 13 heteroatoms. The smallest absolute Gasteiger partial charge is 0.326 e. The summed E-state index contributed by atoms with van der Waals surface area (Å²) in [7, 11) is 0. The topological polar surface area (TPSA) is 205 Å². The standard InChI is InChI=1S/C18H31N5O7S/c1-9(24)14(20)17(28)23-6-3-4-12(23)16(27)22-11(8-13(19)25)15(26)21-10(18(29)30)5-7-31-2/h9-12,14,24H,3-8,20H2,1-2H3,(H2,19,25)(H,21,26)(H,22,27)(H,29,30). The quantitative estimate of drug-likeness (QED) is 0.179. The summed E-state index contributed by atoms with van der Waals surface area (Å²) in [6, 6.07) is -4.73. The van der Waals surface area contributed by atoms with E-state index in [9.17, 15) is 34.2 Å². The first-order valence-electron chi connectivity index (χ1n) is 9.84. The van der Waals surface area contributed by atoms with Crippen LogP contribution in [0, 0.1) is 0 Å². The Morgan fingerprint density at radius 2 is 1.84 bits per heavy atom. The molecule has 0 spiro atoms. The Labute approximate surface area is 184 Å². The number of primary amides is 1. The molecule has 176 valence electrons. The number of carboxylic acid groups (broad SMARTS) is 1. The molecule has 1 aliphatic rings. The number of thioether (sulfide) groups is 1. The van der Waals surface area contributed by atoms with E-state index in [4.69, 9.17) is 11.5 Å². The number of rotatable bonds is 12. The molecule has 1 fully saturated rings. The second kappa shape index (κ2) is 12.5. The van der Waals surface area contributed by atoms with Crippen LogP contribution >= 0.6 is 11.8 Å². The number of nitrogens with two attached hydrogens (primary N) is 2. The molecular weight excluding hydrogens is 430 g/mol. The lowest BCUT2D eigenvalue weighted by Crippen LogP contribution is -2.58. The van der Waals surface area contributed by atoms with Gasteiger partial charge in [-0.05, 0) is 38.2 Å². The molecule has 31 heavy (non-hydrogen) atoms. The van der Waals surface area contributed by atoms with Crippen molar-refractivity contribution in [3.8, 4) is 0 Å². The first-order valence-corrected chi connectivity index (χ1v) is 11.2. The molecule has 5 unspecified atom stereocenters. The highest BCUT2D eigenvalue weighted by atomic mass is 32.2. The number of hydrogen-bond donors (Lipinski definition) is 6. The highest BCUT2D eigenvalue weighted by Gasteiger charge is 2.39. The molecule has 12 nitrogen and oxygen atoms in total. The Hall–Kier alpha value is -2.38. The van der Waals surface area contributed by atoms with Crippen LogP contribution < -0.4 is 22.1 Å².